The Labute approximate surface area is 95.5 Å². The van der Waals surface area contributed by atoms with E-state index in [1.807, 2.05) is 18.2 Å². The molecule has 78 valence electrons. The Morgan fingerprint density at radius 1 is 1.33 bits per heavy atom. The van der Waals surface area contributed by atoms with Gasteiger partial charge in [-0.1, -0.05) is 36.9 Å². The SMILES string of the molecule is C=C1NC(c2ccccc2)=C(C)CC1Cl. The van der Waals surface area contributed by atoms with Crippen LogP contribution in [0.1, 0.15) is 18.9 Å². The molecule has 0 aliphatic carbocycles. The first-order valence-corrected chi connectivity index (χ1v) is 5.47. The van der Waals surface area contributed by atoms with E-state index in [-0.39, 0.29) is 5.38 Å². The summed E-state index contributed by atoms with van der Waals surface area (Å²) in [5.74, 6) is 0. The number of halogens is 1. The van der Waals surface area contributed by atoms with Crippen molar-refractivity contribution >= 4 is 17.3 Å². The van der Waals surface area contributed by atoms with Crippen LogP contribution in [0.15, 0.2) is 48.2 Å². The standard InChI is InChI=1S/C13H14ClN/c1-9-8-12(14)10(2)15-13(9)11-6-4-3-5-7-11/h3-7,12,15H,2,8H2,1H3. The van der Waals surface area contributed by atoms with Gasteiger partial charge in [0.2, 0.25) is 0 Å². The Morgan fingerprint density at radius 3 is 2.67 bits per heavy atom. The molecule has 2 heteroatoms. The van der Waals surface area contributed by atoms with Crippen molar-refractivity contribution in [2.24, 2.45) is 0 Å². The molecule has 1 aromatic rings. The summed E-state index contributed by atoms with van der Waals surface area (Å²) in [5, 5.41) is 3.30. The fourth-order valence-corrected chi connectivity index (χ4v) is 2.05. The molecule has 0 saturated carbocycles. The normalized spacial score (nSPS) is 21.5. The maximum absolute atomic E-state index is 6.12. The number of allylic oxidation sites excluding steroid dienone is 2. The average molecular weight is 220 g/mol. The van der Waals surface area contributed by atoms with Gasteiger partial charge in [0.1, 0.15) is 0 Å². The summed E-state index contributed by atoms with van der Waals surface area (Å²) < 4.78 is 0. The van der Waals surface area contributed by atoms with Crippen molar-refractivity contribution in [3.8, 4) is 0 Å². The lowest BCUT2D eigenvalue weighted by molar-refractivity contribution is 0.826. The first-order chi connectivity index (χ1) is 7.18. The molecule has 0 amide bonds. The molecule has 15 heavy (non-hydrogen) atoms. The number of nitrogens with one attached hydrogen (secondary N) is 1. The summed E-state index contributed by atoms with van der Waals surface area (Å²) in [7, 11) is 0. The van der Waals surface area contributed by atoms with E-state index in [1.165, 1.54) is 11.1 Å². The van der Waals surface area contributed by atoms with Gasteiger partial charge in [-0.2, -0.15) is 0 Å². The van der Waals surface area contributed by atoms with Crippen molar-refractivity contribution in [3.05, 3.63) is 53.7 Å². The van der Waals surface area contributed by atoms with Crippen LogP contribution in [0.25, 0.3) is 5.70 Å². The Balaban J connectivity index is 2.37. The minimum absolute atomic E-state index is 0.0115. The van der Waals surface area contributed by atoms with Crippen LogP contribution in [0.2, 0.25) is 0 Å². The van der Waals surface area contributed by atoms with Crippen molar-refractivity contribution in [1.82, 2.24) is 5.32 Å². The molecule has 1 aromatic carbocycles. The molecule has 0 bridgehead atoms. The number of hydrogen-bond donors (Lipinski definition) is 1. The van der Waals surface area contributed by atoms with Crippen molar-refractivity contribution in [1.29, 1.82) is 0 Å². The molecule has 1 aliphatic rings. The minimum atomic E-state index is 0.0115. The molecule has 0 radical (unpaired) electrons. The highest BCUT2D eigenvalue weighted by Crippen LogP contribution is 2.29. The van der Waals surface area contributed by atoms with Crippen LogP contribution in [-0.2, 0) is 0 Å². The summed E-state index contributed by atoms with van der Waals surface area (Å²) in [6.07, 6.45) is 0.873. The zero-order valence-electron chi connectivity index (χ0n) is 8.76. The summed E-state index contributed by atoms with van der Waals surface area (Å²) in [6, 6.07) is 10.3. The van der Waals surface area contributed by atoms with E-state index in [9.17, 15) is 0 Å². The topological polar surface area (TPSA) is 12.0 Å². The van der Waals surface area contributed by atoms with E-state index in [1.54, 1.807) is 0 Å². The highest BCUT2D eigenvalue weighted by atomic mass is 35.5. The van der Waals surface area contributed by atoms with Gasteiger partial charge in [-0.15, -0.1) is 11.6 Å². The Morgan fingerprint density at radius 2 is 2.00 bits per heavy atom. The second-order valence-electron chi connectivity index (χ2n) is 3.84. The Hall–Kier alpha value is -1.21. The fraction of sp³-hybridized carbons (Fsp3) is 0.231. The summed E-state index contributed by atoms with van der Waals surface area (Å²) in [5.41, 5.74) is 4.52. The second-order valence-corrected chi connectivity index (χ2v) is 4.37. The van der Waals surface area contributed by atoms with Gasteiger partial charge in [0.15, 0.2) is 0 Å². The average Bonchev–Trinajstić information content (AvgIpc) is 2.25. The van der Waals surface area contributed by atoms with Crippen molar-refractivity contribution in [2.75, 3.05) is 0 Å². The van der Waals surface area contributed by atoms with E-state index in [0.29, 0.717) is 0 Å². The first kappa shape index (κ1) is 10.3. The summed E-state index contributed by atoms with van der Waals surface area (Å²) >= 11 is 6.12. The van der Waals surface area contributed by atoms with Gasteiger partial charge in [0, 0.05) is 11.4 Å². The molecule has 1 heterocycles. The Kier molecular flexibility index (Phi) is 2.83. The molecule has 1 N–H and O–H groups in total. The molecule has 2 rings (SSSR count). The van der Waals surface area contributed by atoms with Crippen molar-refractivity contribution in [3.63, 3.8) is 0 Å². The van der Waals surface area contributed by atoms with Gasteiger partial charge < -0.3 is 5.32 Å². The van der Waals surface area contributed by atoms with Crippen LogP contribution >= 0.6 is 11.6 Å². The molecular weight excluding hydrogens is 206 g/mol. The predicted octanol–water partition coefficient (Wildman–Crippen LogP) is 3.53. The molecule has 0 aromatic heterocycles. The van der Waals surface area contributed by atoms with Crippen LogP contribution in [0.4, 0.5) is 0 Å². The maximum atomic E-state index is 6.12. The van der Waals surface area contributed by atoms with Crippen molar-refractivity contribution < 1.29 is 0 Å². The highest BCUT2D eigenvalue weighted by molar-refractivity contribution is 6.22. The fourth-order valence-electron chi connectivity index (χ4n) is 1.76. The number of benzene rings is 1. The van der Waals surface area contributed by atoms with Gasteiger partial charge in [0.25, 0.3) is 0 Å². The van der Waals surface area contributed by atoms with Gasteiger partial charge >= 0.3 is 0 Å². The van der Waals surface area contributed by atoms with Gasteiger partial charge in [0.05, 0.1) is 5.38 Å². The zero-order chi connectivity index (χ0) is 10.8. The number of alkyl halides is 1. The molecular formula is C13H14ClN. The van der Waals surface area contributed by atoms with Gasteiger partial charge in [-0.05, 0) is 24.5 Å². The molecule has 0 spiro atoms. The summed E-state index contributed by atoms with van der Waals surface area (Å²) in [4.78, 5) is 0. The van der Waals surface area contributed by atoms with E-state index < -0.39 is 0 Å². The van der Waals surface area contributed by atoms with Crippen LogP contribution in [0.5, 0.6) is 0 Å². The molecule has 0 fully saturated rings. The lowest BCUT2D eigenvalue weighted by Gasteiger charge is -2.26. The summed E-state index contributed by atoms with van der Waals surface area (Å²) in [6.45, 7) is 6.04. The molecule has 1 atom stereocenters. The predicted molar refractivity (Wildman–Crippen MR) is 65.6 cm³/mol. The zero-order valence-corrected chi connectivity index (χ0v) is 9.51. The van der Waals surface area contributed by atoms with Gasteiger partial charge in [-0.25, -0.2) is 0 Å². The second kappa shape index (κ2) is 4.11. The van der Waals surface area contributed by atoms with E-state index in [0.717, 1.165) is 17.8 Å². The third-order valence-corrected chi connectivity index (χ3v) is 3.06. The monoisotopic (exact) mass is 219 g/mol. The maximum Gasteiger partial charge on any atom is 0.0767 e. The van der Waals surface area contributed by atoms with Crippen LogP contribution in [0, 0.1) is 0 Å². The highest BCUT2D eigenvalue weighted by Gasteiger charge is 2.19. The molecule has 0 saturated heterocycles. The van der Waals surface area contributed by atoms with Crippen LogP contribution in [-0.4, -0.2) is 5.38 Å². The Bertz CT molecular complexity index is 406. The smallest absolute Gasteiger partial charge is 0.0767 e. The van der Waals surface area contributed by atoms with Crippen molar-refractivity contribution in [2.45, 2.75) is 18.7 Å². The largest absolute Gasteiger partial charge is 0.358 e. The third-order valence-electron chi connectivity index (χ3n) is 2.64. The molecule has 1 unspecified atom stereocenters. The van der Waals surface area contributed by atoms with E-state index >= 15 is 0 Å². The minimum Gasteiger partial charge on any atom is -0.358 e. The van der Waals surface area contributed by atoms with Gasteiger partial charge in [-0.3, -0.25) is 0 Å². The lowest BCUT2D eigenvalue weighted by Crippen LogP contribution is -2.25. The van der Waals surface area contributed by atoms with Crippen LogP contribution in [0.3, 0.4) is 0 Å². The first-order valence-electron chi connectivity index (χ1n) is 5.03. The number of hydrogen-bond acceptors (Lipinski definition) is 1. The third kappa shape index (κ3) is 2.07. The molecule has 1 nitrogen and oxygen atoms in total. The lowest BCUT2D eigenvalue weighted by atomic mass is 9.98. The molecule has 1 aliphatic heterocycles. The number of rotatable bonds is 1. The van der Waals surface area contributed by atoms with Crippen LogP contribution < -0.4 is 5.32 Å². The van der Waals surface area contributed by atoms with E-state index in [4.69, 9.17) is 11.6 Å². The quantitative estimate of drug-likeness (QED) is 0.713. The van der Waals surface area contributed by atoms with E-state index in [2.05, 4.69) is 31.0 Å².